The van der Waals surface area contributed by atoms with Gasteiger partial charge < -0.3 is 0 Å². The Balaban J connectivity index is 1.31. The first-order chi connectivity index (χ1) is 22.8. The normalized spacial score (nSPS) is 17.0. The molecule has 216 valence electrons. The molecule has 2 atom stereocenters. The molecule has 46 heavy (non-hydrogen) atoms. The average molecular weight is 586 g/mol. The van der Waals surface area contributed by atoms with E-state index in [1.54, 1.807) is 0 Å². The lowest BCUT2D eigenvalue weighted by molar-refractivity contribution is 0.663. The van der Waals surface area contributed by atoms with Gasteiger partial charge in [-0.1, -0.05) is 152 Å². The highest BCUT2D eigenvalue weighted by Crippen LogP contribution is 2.46. The molecule has 2 aliphatic carbocycles. The second-order valence-corrected chi connectivity index (χ2v) is 12.2. The average Bonchev–Trinajstić information content (AvgIpc) is 3.13. The van der Waals surface area contributed by atoms with Gasteiger partial charge in [0.25, 0.3) is 0 Å². The quantitative estimate of drug-likeness (QED) is 0.187. The van der Waals surface area contributed by atoms with E-state index in [-0.39, 0.29) is 0 Å². The van der Waals surface area contributed by atoms with Crippen LogP contribution in [0.1, 0.15) is 5.56 Å². The molecule has 0 fully saturated rings. The van der Waals surface area contributed by atoms with E-state index in [0.717, 1.165) is 0 Å². The van der Waals surface area contributed by atoms with Gasteiger partial charge in [0.2, 0.25) is 0 Å². The number of aromatic nitrogens is 1. The van der Waals surface area contributed by atoms with Gasteiger partial charge in [-0.05, 0) is 89.0 Å². The summed E-state index contributed by atoms with van der Waals surface area (Å²) in [5.74, 6) is 0.813. The van der Waals surface area contributed by atoms with E-state index in [9.17, 15) is 0 Å². The molecule has 1 heteroatoms. The van der Waals surface area contributed by atoms with Crippen molar-refractivity contribution in [3.05, 3.63) is 182 Å². The SMILES string of the molecule is C1=CC2C=CC(c3c4ccccc4c(-c4cccc5c(-c6ccccc6-c6ccncc6)cccc45)c4ccccc34)=CC2C=C1. The lowest BCUT2D eigenvalue weighted by Crippen LogP contribution is -2.11. The highest BCUT2D eigenvalue weighted by Gasteiger charge is 2.23. The van der Waals surface area contributed by atoms with Gasteiger partial charge in [-0.2, -0.15) is 0 Å². The van der Waals surface area contributed by atoms with Crippen LogP contribution < -0.4 is 0 Å². The third-order valence-corrected chi connectivity index (χ3v) is 9.71. The smallest absolute Gasteiger partial charge is 0.0273 e. The molecule has 0 saturated heterocycles. The van der Waals surface area contributed by atoms with Crippen LogP contribution in [0.4, 0.5) is 0 Å². The summed E-state index contributed by atoms with van der Waals surface area (Å²) in [7, 11) is 0. The van der Waals surface area contributed by atoms with Crippen LogP contribution in [0.3, 0.4) is 0 Å². The summed E-state index contributed by atoms with van der Waals surface area (Å²) in [6, 6.07) is 44.4. The third-order valence-electron chi connectivity index (χ3n) is 9.71. The fraction of sp³-hybridized carbons (Fsp3) is 0.0444. The number of fused-ring (bicyclic) bond motifs is 4. The number of pyridine rings is 1. The molecule has 0 saturated carbocycles. The van der Waals surface area contributed by atoms with Crippen molar-refractivity contribution in [2.24, 2.45) is 11.8 Å². The molecule has 9 rings (SSSR count). The van der Waals surface area contributed by atoms with Crippen LogP contribution in [-0.4, -0.2) is 4.98 Å². The second kappa shape index (κ2) is 11.0. The maximum absolute atomic E-state index is 4.26. The predicted molar refractivity (Wildman–Crippen MR) is 195 cm³/mol. The van der Waals surface area contributed by atoms with E-state index in [1.807, 2.05) is 12.4 Å². The second-order valence-electron chi connectivity index (χ2n) is 12.2. The minimum Gasteiger partial charge on any atom is -0.265 e. The molecular formula is C45H31N. The zero-order chi connectivity index (χ0) is 30.5. The fourth-order valence-corrected chi connectivity index (χ4v) is 7.64. The van der Waals surface area contributed by atoms with Crippen LogP contribution in [0.2, 0.25) is 0 Å². The Morgan fingerprint density at radius 3 is 1.61 bits per heavy atom. The van der Waals surface area contributed by atoms with Crippen LogP contribution in [0, 0.1) is 11.8 Å². The van der Waals surface area contributed by atoms with Crippen molar-refractivity contribution in [1.82, 2.24) is 4.98 Å². The molecule has 0 bridgehead atoms. The predicted octanol–water partition coefficient (Wildman–Crippen LogP) is 11.9. The Bertz CT molecular complexity index is 2370. The number of hydrogen-bond donors (Lipinski definition) is 0. The maximum Gasteiger partial charge on any atom is 0.0273 e. The Morgan fingerprint density at radius 1 is 0.391 bits per heavy atom. The molecule has 2 unspecified atom stereocenters. The lowest BCUT2D eigenvalue weighted by Gasteiger charge is -2.25. The number of allylic oxidation sites excluding steroid dienone is 8. The van der Waals surface area contributed by atoms with Crippen molar-refractivity contribution in [1.29, 1.82) is 0 Å². The van der Waals surface area contributed by atoms with Gasteiger partial charge in [-0.3, -0.25) is 4.98 Å². The number of nitrogens with zero attached hydrogens (tertiary/aromatic N) is 1. The topological polar surface area (TPSA) is 12.9 Å². The van der Waals surface area contributed by atoms with Crippen molar-refractivity contribution < 1.29 is 0 Å². The van der Waals surface area contributed by atoms with Crippen molar-refractivity contribution in [3.8, 4) is 33.4 Å². The molecule has 1 heterocycles. The third kappa shape index (κ3) is 4.28. The Labute approximate surface area is 269 Å². The Kier molecular flexibility index (Phi) is 6.35. The highest BCUT2D eigenvalue weighted by atomic mass is 14.6. The zero-order valence-electron chi connectivity index (χ0n) is 25.3. The van der Waals surface area contributed by atoms with Gasteiger partial charge in [-0.15, -0.1) is 0 Å². The van der Waals surface area contributed by atoms with Gasteiger partial charge in [-0.25, -0.2) is 0 Å². The van der Waals surface area contributed by atoms with E-state index < -0.39 is 0 Å². The van der Waals surface area contributed by atoms with Crippen LogP contribution >= 0.6 is 0 Å². The summed E-state index contributed by atoms with van der Waals surface area (Å²) in [5, 5.41) is 7.64. The monoisotopic (exact) mass is 585 g/mol. The van der Waals surface area contributed by atoms with Gasteiger partial charge in [0.1, 0.15) is 0 Å². The highest BCUT2D eigenvalue weighted by molar-refractivity contribution is 6.22. The summed E-state index contributed by atoms with van der Waals surface area (Å²) >= 11 is 0. The van der Waals surface area contributed by atoms with E-state index in [4.69, 9.17) is 0 Å². The first-order valence-electron chi connectivity index (χ1n) is 16.1. The van der Waals surface area contributed by atoms with E-state index in [1.165, 1.54) is 76.8 Å². The standard InChI is InChI=1S/C45H31N/c1-2-12-32-29-33(24-23-30(32)11-1)44-40-15-5-7-17-42(40)45(43-18-8-6-16-41(43)44)39-22-10-20-37-36(19-9-21-38(37)39)35-14-4-3-13-34(35)31-25-27-46-28-26-31/h1-30,32H. The van der Waals surface area contributed by atoms with Crippen LogP contribution in [0.15, 0.2) is 176 Å². The largest absolute Gasteiger partial charge is 0.265 e. The Hall–Kier alpha value is -5.79. The molecule has 0 radical (unpaired) electrons. The maximum atomic E-state index is 4.26. The van der Waals surface area contributed by atoms with Gasteiger partial charge in [0.05, 0.1) is 0 Å². The molecule has 0 aliphatic heterocycles. The van der Waals surface area contributed by atoms with Gasteiger partial charge in [0.15, 0.2) is 0 Å². The summed E-state index contributed by atoms with van der Waals surface area (Å²) < 4.78 is 0. The van der Waals surface area contributed by atoms with E-state index in [2.05, 4.69) is 169 Å². The van der Waals surface area contributed by atoms with Crippen LogP contribution in [0.25, 0.3) is 71.3 Å². The van der Waals surface area contributed by atoms with Crippen molar-refractivity contribution in [2.75, 3.05) is 0 Å². The van der Waals surface area contributed by atoms with Gasteiger partial charge >= 0.3 is 0 Å². The molecule has 1 nitrogen and oxygen atoms in total. The van der Waals surface area contributed by atoms with Crippen LogP contribution in [-0.2, 0) is 0 Å². The van der Waals surface area contributed by atoms with Gasteiger partial charge in [0, 0.05) is 24.2 Å². The molecule has 1 aromatic heterocycles. The summed E-state index contributed by atoms with van der Waals surface area (Å²) in [6.45, 7) is 0. The lowest BCUT2D eigenvalue weighted by atomic mass is 9.78. The summed E-state index contributed by atoms with van der Waals surface area (Å²) in [6.07, 6.45) is 19.9. The van der Waals surface area contributed by atoms with Crippen molar-refractivity contribution >= 4 is 37.9 Å². The number of rotatable bonds is 4. The molecule has 0 N–H and O–H groups in total. The number of hydrogen-bond acceptors (Lipinski definition) is 1. The molecule has 2 aliphatic rings. The van der Waals surface area contributed by atoms with E-state index in [0.29, 0.717) is 11.8 Å². The summed E-state index contributed by atoms with van der Waals surface area (Å²) in [4.78, 5) is 4.26. The molecular weight excluding hydrogens is 555 g/mol. The first-order valence-corrected chi connectivity index (χ1v) is 16.1. The molecule has 0 spiro atoms. The first kappa shape index (κ1) is 26.6. The molecule has 7 aromatic rings. The molecule has 0 amide bonds. The number of benzene rings is 6. The minimum atomic E-state index is 0.383. The van der Waals surface area contributed by atoms with Crippen molar-refractivity contribution in [2.45, 2.75) is 0 Å². The summed E-state index contributed by atoms with van der Waals surface area (Å²) in [5.41, 5.74) is 10.0. The van der Waals surface area contributed by atoms with Crippen molar-refractivity contribution in [3.63, 3.8) is 0 Å². The zero-order valence-corrected chi connectivity index (χ0v) is 25.3. The minimum absolute atomic E-state index is 0.383. The Morgan fingerprint density at radius 2 is 0.913 bits per heavy atom. The van der Waals surface area contributed by atoms with Crippen LogP contribution in [0.5, 0.6) is 0 Å². The van der Waals surface area contributed by atoms with E-state index >= 15 is 0 Å². The fourth-order valence-electron chi connectivity index (χ4n) is 7.64. The molecule has 6 aromatic carbocycles.